The molecule has 1 rings (SSSR count). The molecule has 0 aliphatic carbocycles. The SMILES string of the molecule is CCN1CCN(CC(C)CNC(=NC)NC(C)CCC(C)(C)C)CC1.I. The smallest absolute Gasteiger partial charge is 0.191 e. The summed E-state index contributed by atoms with van der Waals surface area (Å²) in [6, 6.07) is 0.447. The molecular weight excluding hydrogens is 437 g/mol. The Kier molecular flexibility index (Phi) is 13.1. The molecule has 5 nitrogen and oxygen atoms in total. The van der Waals surface area contributed by atoms with E-state index in [1.54, 1.807) is 0 Å². The highest BCUT2D eigenvalue weighted by Gasteiger charge is 2.18. The molecule has 1 saturated heterocycles. The minimum absolute atomic E-state index is 0. The number of hydrogen-bond acceptors (Lipinski definition) is 3. The number of rotatable bonds is 8. The summed E-state index contributed by atoms with van der Waals surface area (Å²) in [4.78, 5) is 9.52. The van der Waals surface area contributed by atoms with Crippen LogP contribution in [0.15, 0.2) is 4.99 Å². The molecule has 0 radical (unpaired) electrons. The molecule has 1 aliphatic heterocycles. The van der Waals surface area contributed by atoms with Crippen molar-refractivity contribution >= 4 is 29.9 Å². The summed E-state index contributed by atoms with van der Waals surface area (Å²) in [5.41, 5.74) is 0.392. The molecule has 0 amide bonds. The molecule has 26 heavy (non-hydrogen) atoms. The predicted octanol–water partition coefficient (Wildman–Crippen LogP) is 3.26. The summed E-state index contributed by atoms with van der Waals surface area (Å²) < 4.78 is 0. The van der Waals surface area contributed by atoms with E-state index in [2.05, 4.69) is 67.0 Å². The second kappa shape index (κ2) is 13.2. The first-order chi connectivity index (χ1) is 11.7. The molecule has 0 saturated carbocycles. The quantitative estimate of drug-likeness (QED) is 0.317. The number of halogens is 1. The van der Waals surface area contributed by atoms with Gasteiger partial charge >= 0.3 is 0 Å². The van der Waals surface area contributed by atoms with Crippen LogP contribution in [0.5, 0.6) is 0 Å². The van der Waals surface area contributed by atoms with E-state index in [1.807, 2.05) is 7.05 Å². The van der Waals surface area contributed by atoms with Crippen LogP contribution in [0.2, 0.25) is 0 Å². The Bertz CT molecular complexity index is 386. The van der Waals surface area contributed by atoms with Crippen LogP contribution in [-0.2, 0) is 0 Å². The van der Waals surface area contributed by atoms with Crippen molar-refractivity contribution in [3.8, 4) is 0 Å². The van der Waals surface area contributed by atoms with Gasteiger partial charge in [-0.05, 0) is 37.6 Å². The Hall–Kier alpha value is -0.0800. The average Bonchev–Trinajstić information content (AvgIpc) is 2.56. The van der Waals surface area contributed by atoms with Gasteiger partial charge in [-0.3, -0.25) is 4.99 Å². The van der Waals surface area contributed by atoms with Gasteiger partial charge in [-0.1, -0.05) is 34.6 Å². The van der Waals surface area contributed by atoms with Gasteiger partial charge in [0.05, 0.1) is 0 Å². The zero-order valence-corrected chi connectivity index (χ0v) is 20.6. The van der Waals surface area contributed by atoms with Gasteiger partial charge in [0.2, 0.25) is 0 Å². The third-order valence-electron chi connectivity index (χ3n) is 5.03. The Balaban J connectivity index is 0.00000625. The molecule has 2 atom stereocenters. The number of aliphatic imine (C=N–C) groups is 1. The highest BCUT2D eigenvalue weighted by molar-refractivity contribution is 14.0. The van der Waals surface area contributed by atoms with E-state index in [9.17, 15) is 0 Å². The zero-order chi connectivity index (χ0) is 18.9. The maximum absolute atomic E-state index is 4.39. The van der Waals surface area contributed by atoms with E-state index < -0.39 is 0 Å². The molecule has 0 bridgehead atoms. The fourth-order valence-electron chi connectivity index (χ4n) is 3.21. The van der Waals surface area contributed by atoms with E-state index in [0.717, 1.165) is 12.5 Å². The predicted molar refractivity (Wildman–Crippen MR) is 126 cm³/mol. The fourth-order valence-corrected chi connectivity index (χ4v) is 3.21. The number of nitrogens with zero attached hydrogens (tertiary/aromatic N) is 3. The second-order valence-corrected chi connectivity index (χ2v) is 8.94. The molecule has 0 spiro atoms. The van der Waals surface area contributed by atoms with Crippen LogP contribution < -0.4 is 10.6 Å². The number of likely N-dealkylation sites (N-methyl/N-ethyl adjacent to an activating group) is 1. The number of nitrogens with one attached hydrogen (secondary N) is 2. The Morgan fingerprint density at radius 3 is 2.15 bits per heavy atom. The normalized spacial score (nSPS) is 19.6. The van der Waals surface area contributed by atoms with Crippen LogP contribution >= 0.6 is 24.0 Å². The van der Waals surface area contributed by atoms with Gasteiger partial charge in [-0.25, -0.2) is 0 Å². The first-order valence-corrected chi connectivity index (χ1v) is 10.2. The van der Waals surface area contributed by atoms with E-state index in [0.29, 0.717) is 17.4 Å². The van der Waals surface area contributed by atoms with Crippen molar-refractivity contribution < 1.29 is 0 Å². The molecule has 0 aromatic carbocycles. The molecule has 0 aromatic rings. The lowest BCUT2D eigenvalue weighted by molar-refractivity contribution is 0.124. The monoisotopic (exact) mass is 481 g/mol. The van der Waals surface area contributed by atoms with Crippen molar-refractivity contribution in [3.63, 3.8) is 0 Å². The summed E-state index contributed by atoms with van der Waals surface area (Å²) in [6.45, 7) is 21.9. The van der Waals surface area contributed by atoms with E-state index in [1.165, 1.54) is 52.1 Å². The summed E-state index contributed by atoms with van der Waals surface area (Å²) in [5.74, 6) is 1.56. The number of guanidine groups is 1. The van der Waals surface area contributed by atoms with Gasteiger partial charge in [-0.2, -0.15) is 0 Å². The van der Waals surface area contributed by atoms with Gasteiger partial charge < -0.3 is 20.4 Å². The summed E-state index contributed by atoms with van der Waals surface area (Å²) in [6.07, 6.45) is 2.39. The molecule has 156 valence electrons. The molecule has 1 fully saturated rings. The van der Waals surface area contributed by atoms with Crippen LogP contribution in [-0.4, -0.2) is 74.7 Å². The Morgan fingerprint density at radius 2 is 1.65 bits per heavy atom. The summed E-state index contributed by atoms with van der Waals surface area (Å²) in [5, 5.41) is 7.04. The molecular formula is C20H44IN5. The van der Waals surface area contributed by atoms with Gasteiger partial charge in [0, 0.05) is 52.4 Å². The maximum Gasteiger partial charge on any atom is 0.191 e. The lowest BCUT2D eigenvalue weighted by atomic mass is 9.89. The van der Waals surface area contributed by atoms with Crippen LogP contribution in [0, 0.1) is 11.3 Å². The third kappa shape index (κ3) is 11.6. The van der Waals surface area contributed by atoms with Gasteiger partial charge in [0.15, 0.2) is 5.96 Å². The van der Waals surface area contributed by atoms with Crippen molar-refractivity contribution in [1.29, 1.82) is 0 Å². The lowest BCUT2D eigenvalue weighted by Gasteiger charge is -2.35. The van der Waals surface area contributed by atoms with Crippen LogP contribution in [0.3, 0.4) is 0 Å². The first kappa shape index (κ1) is 25.9. The second-order valence-electron chi connectivity index (χ2n) is 8.94. The fraction of sp³-hybridized carbons (Fsp3) is 0.950. The van der Waals surface area contributed by atoms with Crippen molar-refractivity contribution in [2.24, 2.45) is 16.3 Å². The van der Waals surface area contributed by atoms with E-state index in [-0.39, 0.29) is 24.0 Å². The molecule has 0 aromatic heterocycles. The minimum Gasteiger partial charge on any atom is -0.356 e. The van der Waals surface area contributed by atoms with Crippen molar-refractivity contribution in [3.05, 3.63) is 0 Å². The number of piperazine rings is 1. The lowest BCUT2D eigenvalue weighted by Crippen LogP contribution is -2.49. The molecule has 2 N–H and O–H groups in total. The largest absolute Gasteiger partial charge is 0.356 e. The molecule has 1 aliphatic rings. The van der Waals surface area contributed by atoms with Gasteiger partial charge in [0.1, 0.15) is 0 Å². The Morgan fingerprint density at radius 1 is 1.08 bits per heavy atom. The Labute approximate surface area is 179 Å². The average molecular weight is 482 g/mol. The summed E-state index contributed by atoms with van der Waals surface area (Å²) in [7, 11) is 1.86. The third-order valence-corrected chi connectivity index (χ3v) is 5.03. The molecule has 2 unspecified atom stereocenters. The van der Waals surface area contributed by atoms with Crippen molar-refractivity contribution in [2.45, 2.75) is 60.4 Å². The summed E-state index contributed by atoms with van der Waals surface area (Å²) >= 11 is 0. The highest BCUT2D eigenvalue weighted by atomic mass is 127. The van der Waals surface area contributed by atoms with E-state index >= 15 is 0 Å². The zero-order valence-electron chi connectivity index (χ0n) is 18.3. The van der Waals surface area contributed by atoms with Crippen molar-refractivity contribution in [1.82, 2.24) is 20.4 Å². The topological polar surface area (TPSA) is 42.9 Å². The first-order valence-electron chi connectivity index (χ1n) is 10.2. The van der Waals surface area contributed by atoms with Gasteiger partial charge in [-0.15, -0.1) is 24.0 Å². The van der Waals surface area contributed by atoms with Crippen molar-refractivity contribution in [2.75, 3.05) is 52.9 Å². The highest BCUT2D eigenvalue weighted by Crippen LogP contribution is 2.21. The number of hydrogen-bond donors (Lipinski definition) is 2. The van der Waals surface area contributed by atoms with Crippen LogP contribution in [0.25, 0.3) is 0 Å². The van der Waals surface area contributed by atoms with E-state index in [4.69, 9.17) is 0 Å². The standard InChI is InChI=1S/C20H43N5.HI/c1-8-24-11-13-25(14-12-24)16-17(2)15-22-19(21-7)23-18(3)9-10-20(4,5)6;/h17-18H,8-16H2,1-7H3,(H2,21,22,23);1H. The van der Waals surface area contributed by atoms with Gasteiger partial charge in [0.25, 0.3) is 0 Å². The molecule has 1 heterocycles. The van der Waals surface area contributed by atoms with Crippen LogP contribution in [0.4, 0.5) is 0 Å². The minimum atomic E-state index is 0. The van der Waals surface area contributed by atoms with Crippen LogP contribution in [0.1, 0.15) is 54.4 Å². The molecule has 6 heteroatoms. The maximum atomic E-state index is 4.39.